The van der Waals surface area contributed by atoms with Crippen molar-refractivity contribution in [2.24, 2.45) is 17.8 Å². The molecule has 1 heterocycles. The largest absolute Gasteiger partial charge is 0.241 e. The molecule has 0 aromatic carbocycles. The van der Waals surface area contributed by atoms with Gasteiger partial charge in [-0.05, 0) is 62.3 Å². The average molecular weight is 258 g/mol. The van der Waals surface area contributed by atoms with E-state index in [1.165, 1.54) is 51.4 Å². The molecule has 1 aromatic heterocycles. The van der Waals surface area contributed by atoms with E-state index in [4.69, 9.17) is 0 Å². The quantitative estimate of drug-likeness (QED) is 0.776. The van der Waals surface area contributed by atoms with Crippen LogP contribution in [-0.2, 0) is 0 Å². The summed E-state index contributed by atoms with van der Waals surface area (Å²) < 4.78 is 0. The lowest BCUT2D eigenvalue weighted by Crippen LogP contribution is -2.25. The first-order valence-corrected chi connectivity index (χ1v) is 8.10. The van der Waals surface area contributed by atoms with E-state index < -0.39 is 0 Å². The van der Waals surface area contributed by atoms with Gasteiger partial charge in [-0.1, -0.05) is 19.8 Å². The highest BCUT2D eigenvalue weighted by molar-refractivity contribution is 4.99. The smallest absolute Gasteiger partial charge is 0.131 e. The van der Waals surface area contributed by atoms with Crippen LogP contribution in [-0.4, -0.2) is 9.97 Å². The molecule has 0 bridgehead atoms. The van der Waals surface area contributed by atoms with Gasteiger partial charge in [0, 0.05) is 18.3 Å². The molecule has 0 radical (unpaired) electrons. The molecule has 0 amide bonds. The highest BCUT2D eigenvalue weighted by atomic mass is 14.9. The summed E-state index contributed by atoms with van der Waals surface area (Å²) in [7, 11) is 0. The van der Waals surface area contributed by atoms with E-state index in [1.54, 1.807) is 0 Å². The van der Waals surface area contributed by atoms with E-state index in [0.717, 1.165) is 23.6 Å². The number of hydrogen-bond acceptors (Lipinski definition) is 2. The van der Waals surface area contributed by atoms with Crippen LogP contribution in [0.1, 0.15) is 70.0 Å². The van der Waals surface area contributed by atoms with Crippen LogP contribution in [0.4, 0.5) is 0 Å². The van der Waals surface area contributed by atoms with Crippen molar-refractivity contribution in [3.8, 4) is 0 Å². The third kappa shape index (κ3) is 3.16. The molecule has 2 aliphatic rings. The zero-order valence-electron chi connectivity index (χ0n) is 12.1. The molecular formula is C17H26N2. The molecule has 2 heteroatoms. The summed E-state index contributed by atoms with van der Waals surface area (Å²) in [5.74, 6) is 4.70. The normalized spacial score (nSPS) is 36.1. The molecule has 2 aliphatic carbocycles. The molecule has 0 unspecified atom stereocenters. The van der Waals surface area contributed by atoms with Gasteiger partial charge in [0.05, 0.1) is 0 Å². The summed E-state index contributed by atoms with van der Waals surface area (Å²) in [6.45, 7) is 2.42. The number of rotatable bonds is 2. The molecule has 2 nitrogen and oxygen atoms in total. The Balaban J connectivity index is 1.52. The average Bonchev–Trinajstić information content (AvgIpc) is 2.49. The Hall–Kier alpha value is -0.920. The highest BCUT2D eigenvalue weighted by Crippen LogP contribution is 2.43. The maximum absolute atomic E-state index is 4.44. The van der Waals surface area contributed by atoms with E-state index in [-0.39, 0.29) is 0 Å². The monoisotopic (exact) mass is 258 g/mol. The third-order valence-corrected chi connectivity index (χ3v) is 5.45. The second-order valence-electron chi connectivity index (χ2n) is 6.74. The molecule has 0 spiro atoms. The van der Waals surface area contributed by atoms with Crippen molar-refractivity contribution in [3.05, 3.63) is 24.3 Å². The molecule has 0 N–H and O–H groups in total. The second-order valence-corrected chi connectivity index (χ2v) is 6.74. The second kappa shape index (κ2) is 6.02. The number of aromatic nitrogens is 2. The van der Waals surface area contributed by atoms with E-state index in [1.807, 2.05) is 18.5 Å². The standard InChI is InChI=1S/C17H26N2/c1-13-3-5-14(6-4-13)15-7-9-16(10-8-15)17-18-11-2-12-19-17/h2,11-16H,3-10H2,1H3. The molecule has 0 saturated heterocycles. The minimum Gasteiger partial charge on any atom is -0.241 e. The zero-order valence-corrected chi connectivity index (χ0v) is 12.1. The fourth-order valence-corrected chi connectivity index (χ4v) is 4.13. The zero-order chi connectivity index (χ0) is 13.1. The summed E-state index contributed by atoms with van der Waals surface area (Å²) in [5.41, 5.74) is 0. The first-order valence-electron chi connectivity index (χ1n) is 8.10. The van der Waals surface area contributed by atoms with Gasteiger partial charge in [-0.25, -0.2) is 9.97 Å². The Morgan fingerprint density at radius 3 is 1.89 bits per heavy atom. The van der Waals surface area contributed by atoms with Crippen molar-refractivity contribution in [3.63, 3.8) is 0 Å². The maximum atomic E-state index is 4.44. The first kappa shape index (κ1) is 13.1. The van der Waals surface area contributed by atoms with Gasteiger partial charge in [0.2, 0.25) is 0 Å². The molecular weight excluding hydrogens is 232 g/mol. The van der Waals surface area contributed by atoms with Gasteiger partial charge in [-0.2, -0.15) is 0 Å². The number of hydrogen-bond donors (Lipinski definition) is 0. The highest BCUT2D eigenvalue weighted by Gasteiger charge is 2.30. The summed E-state index contributed by atoms with van der Waals surface area (Å²) in [6, 6.07) is 1.92. The molecule has 3 rings (SSSR count). The molecule has 19 heavy (non-hydrogen) atoms. The van der Waals surface area contributed by atoms with Gasteiger partial charge < -0.3 is 0 Å². The minimum absolute atomic E-state index is 0.625. The van der Waals surface area contributed by atoms with Gasteiger partial charge in [0.15, 0.2) is 0 Å². The van der Waals surface area contributed by atoms with Crippen LogP contribution in [0, 0.1) is 17.8 Å². The molecule has 104 valence electrons. The van der Waals surface area contributed by atoms with Crippen molar-refractivity contribution in [1.29, 1.82) is 0 Å². The lowest BCUT2D eigenvalue weighted by molar-refractivity contribution is 0.163. The van der Waals surface area contributed by atoms with Crippen LogP contribution in [0.2, 0.25) is 0 Å². The SMILES string of the molecule is CC1CCC(C2CCC(c3ncccn3)CC2)CC1. The van der Waals surface area contributed by atoms with Gasteiger partial charge >= 0.3 is 0 Å². The maximum Gasteiger partial charge on any atom is 0.131 e. The fourth-order valence-electron chi connectivity index (χ4n) is 4.13. The third-order valence-electron chi connectivity index (χ3n) is 5.45. The van der Waals surface area contributed by atoms with E-state index in [2.05, 4.69) is 16.9 Å². The first-order chi connectivity index (χ1) is 9.33. The van der Waals surface area contributed by atoms with Gasteiger partial charge in [0.25, 0.3) is 0 Å². The van der Waals surface area contributed by atoms with Crippen LogP contribution in [0.3, 0.4) is 0 Å². The van der Waals surface area contributed by atoms with Crippen molar-refractivity contribution in [2.75, 3.05) is 0 Å². The summed E-state index contributed by atoms with van der Waals surface area (Å²) in [4.78, 5) is 8.88. The van der Waals surface area contributed by atoms with E-state index in [0.29, 0.717) is 5.92 Å². The Morgan fingerprint density at radius 1 is 0.789 bits per heavy atom. The fraction of sp³-hybridized carbons (Fsp3) is 0.765. The van der Waals surface area contributed by atoms with Crippen molar-refractivity contribution >= 4 is 0 Å². The van der Waals surface area contributed by atoms with Gasteiger partial charge in [-0.15, -0.1) is 0 Å². The molecule has 0 aliphatic heterocycles. The van der Waals surface area contributed by atoms with Crippen LogP contribution < -0.4 is 0 Å². The van der Waals surface area contributed by atoms with Gasteiger partial charge in [0.1, 0.15) is 5.82 Å². The lowest BCUT2D eigenvalue weighted by Gasteiger charge is -2.36. The van der Waals surface area contributed by atoms with E-state index in [9.17, 15) is 0 Å². The van der Waals surface area contributed by atoms with Crippen LogP contribution in [0.5, 0.6) is 0 Å². The minimum atomic E-state index is 0.625. The predicted molar refractivity (Wildman–Crippen MR) is 77.9 cm³/mol. The summed E-state index contributed by atoms with van der Waals surface area (Å²) >= 11 is 0. The topological polar surface area (TPSA) is 25.8 Å². The number of nitrogens with zero attached hydrogens (tertiary/aromatic N) is 2. The molecule has 2 fully saturated rings. The van der Waals surface area contributed by atoms with Crippen molar-refractivity contribution in [1.82, 2.24) is 9.97 Å². The Morgan fingerprint density at radius 2 is 1.32 bits per heavy atom. The Kier molecular flexibility index (Phi) is 4.15. The van der Waals surface area contributed by atoms with Crippen LogP contribution in [0.25, 0.3) is 0 Å². The van der Waals surface area contributed by atoms with Crippen LogP contribution >= 0.6 is 0 Å². The lowest BCUT2D eigenvalue weighted by atomic mass is 9.69. The van der Waals surface area contributed by atoms with Crippen LogP contribution in [0.15, 0.2) is 18.5 Å². The predicted octanol–water partition coefficient (Wildman–Crippen LogP) is 4.58. The Bertz CT molecular complexity index is 374. The van der Waals surface area contributed by atoms with Gasteiger partial charge in [-0.3, -0.25) is 0 Å². The summed E-state index contributed by atoms with van der Waals surface area (Å²) in [5, 5.41) is 0. The van der Waals surface area contributed by atoms with Crippen molar-refractivity contribution in [2.45, 2.75) is 64.2 Å². The molecule has 0 atom stereocenters. The van der Waals surface area contributed by atoms with E-state index >= 15 is 0 Å². The Labute approximate surface area is 117 Å². The van der Waals surface area contributed by atoms with Crippen molar-refractivity contribution < 1.29 is 0 Å². The molecule has 1 aromatic rings. The summed E-state index contributed by atoms with van der Waals surface area (Å²) in [6.07, 6.45) is 15.1. The molecule has 2 saturated carbocycles.